The zero-order chi connectivity index (χ0) is 13.1. The first-order valence-electron chi connectivity index (χ1n) is 5.56. The minimum Gasteiger partial charge on any atom is -0.368 e. The Balaban J connectivity index is 2.25. The van der Waals surface area contributed by atoms with E-state index in [1.165, 1.54) is 0 Å². The summed E-state index contributed by atoms with van der Waals surface area (Å²) in [6.45, 7) is 2.51. The van der Waals surface area contributed by atoms with Gasteiger partial charge < -0.3 is 10.6 Å². The van der Waals surface area contributed by atoms with Crippen LogP contribution in [0.2, 0.25) is 0 Å². The second kappa shape index (κ2) is 5.30. The van der Waals surface area contributed by atoms with Crippen LogP contribution in [0.5, 0.6) is 0 Å². The van der Waals surface area contributed by atoms with Crippen LogP contribution in [0, 0.1) is 0 Å². The lowest BCUT2D eigenvalue weighted by Crippen LogP contribution is -2.21. The maximum atomic E-state index is 11.3. The summed E-state index contributed by atoms with van der Waals surface area (Å²) in [7, 11) is 0.895. The van der Waals surface area contributed by atoms with Gasteiger partial charge in [0.15, 0.2) is 5.65 Å². The van der Waals surface area contributed by atoms with Crippen LogP contribution >= 0.6 is 0 Å². The summed E-state index contributed by atoms with van der Waals surface area (Å²) < 4.78 is 11.3. The molecule has 2 aromatic rings. The quantitative estimate of drug-likeness (QED) is 0.734. The molecule has 2 rings (SSSR count). The molecular formula is C10H16N6OS. The highest BCUT2D eigenvalue weighted by Gasteiger charge is 2.11. The third kappa shape index (κ3) is 2.58. The molecule has 2 unspecified atom stereocenters. The number of nitrogens with one attached hydrogen (secondary N) is 3. The fraction of sp³-hybridized carbons (Fsp3) is 0.500. The van der Waals surface area contributed by atoms with Crippen molar-refractivity contribution < 1.29 is 4.21 Å². The van der Waals surface area contributed by atoms with Crippen molar-refractivity contribution in [2.45, 2.75) is 12.2 Å². The van der Waals surface area contributed by atoms with Gasteiger partial charge in [-0.05, 0) is 6.92 Å². The predicted molar refractivity (Wildman–Crippen MR) is 73.2 cm³/mol. The van der Waals surface area contributed by atoms with E-state index < -0.39 is 10.8 Å². The molecule has 8 heteroatoms. The third-order valence-corrected chi connectivity index (χ3v) is 3.96. The van der Waals surface area contributed by atoms with Crippen molar-refractivity contribution in [3.8, 4) is 0 Å². The molecule has 0 amide bonds. The molecule has 0 radical (unpaired) electrons. The molecule has 2 atom stereocenters. The minimum absolute atomic E-state index is 0.0555. The standard InChI is InChI=1S/C10H16N6OS/c1-6(18(3)17)4-12-8-7-5-13-16-9(7)15-10(11-2)14-8/h5-6H,4H2,1-3H3,(H3,11,12,13,14,15,16). The molecule has 0 aliphatic carbocycles. The average Bonchev–Trinajstić information content (AvgIpc) is 2.83. The van der Waals surface area contributed by atoms with Gasteiger partial charge in [0, 0.05) is 35.9 Å². The molecule has 98 valence electrons. The van der Waals surface area contributed by atoms with Crippen molar-refractivity contribution in [3.05, 3.63) is 6.20 Å². The number of hydrogen-bond acceptors (Lipinski definition) is 6. The van der Waals surface area contributed by atoms with Crippen LogP contribution in [-0.2, 0) is 10.8 Å². The largest absolute Gasteiger partial charge is 0.368 e. The Morgan fingerprint density at radius 3 is 2.94 bits per heavy atom. The molecule has 7 nitrogen and oxygen atoms in total. The molecule has 2 heterocycles. The lowest BCUT2D eigenvalue weighted by atomic mass is 10.3. The Morgan fingerprint density at radius 1 is 1.50 bits per heavy atom. The van der Waals surface area contributed by atoms with Gasteiger partial charge in [-0.15, -0.1) is 0 Å². The summed E-state index contributed by atoms with van der Waals surface area (Å²) in [6, 6.07) is 0. The van der Waals surface area contributed by atoms with Gasteiger partial charge in [-0.3, -0.25) is 9.31 Å². The van der Waals surface area contributed by atoms with E-state index in [0.29, 0.717) is 24.0 Å². The van der Waals surface area contributed by atoms with Gasteiger partial charge >= 0.3 is 0 Å². The van der Waals surface area contributed by atoms with Crippen LogP contribution in [0.1, 0.15) is 6.92 Å². The van der Waals surface area contributed by atoms with E-state index in [9.17, 15) is 4.21 Å². The van der Waals surface area contributed by atoms with Crippen molar-refractivity contribution >= 4 is 33.6 Å². The summed E-state index contributed by atoms with van der Waals surface area (Å²) in [5.41, 5.74) is 0.669. The molecule has 0 saturated heterocycles. The number of fused-ring (bicyclic) bond motifs is 1. The van der Waals surface area contributed by atoms with Crippen LogP contribution in [0.25, 0.3) is 11.0 Å². The van der Waals surface area contributed by atoms with Crippen molar-refractivity contribution in [2.75, 3.05) is 30.5 Å². The molecule has 0 fully saturated rings. The molecule has 0 spiro atoms. The molecule has 3 N–H and O–H groups in total. The van der Waals surface area contributed by atoms with Gasteiger partial charge in [0.25, 0.3) is 0 Å². The maximum absolute atomic E-state index is 11.3. The van der Waals surface area contributed by atoms with E-state index >= 15 is 0 Å². The summed E-state index contributed by atoms with van der Waals surface area (Å²) in [4.78, 5) is 8.57. The molecule has 0 bridgehead atoms. The van der Waals surface area contributed by atoms with Gasteiger partial charge in [0.2, 0.25) is 5.95 Å². The van der Waals surface area contributed by atoms with E-state index in [-0.39, 0.29) is 5.25 Å². The van der Waals surface area contributed by atoms with Crippen molar-refractivity contribution in [1.82, 2.24) is 20.2 Å². The fourth-order valence-corrected chi connectivity index (χ4v) is 1.76. The van der Waals surface area contributed by atoms with Crippen molar-refractivity contribution in [1.29, 1.82) is 0 Å². The summed E-state index contributed by atoms with van der Waals surface area (Å²) >= 11 is 0. The number of H-pyrrole nitrogens is 1. The highest BCUT2D eigenvalue weighted by atomic mass is 32.2. The Kier molecular flexibility index (Phi) is 3.75. The first-order chi connectivity index (χ1) is 8.61. The molecule has 18 heavy (non-hydrogen) atoms. The second-order valence-electron chi connectivity index (χ2n) is 3.97. The number of rotatable bonds is 5. The molecule has 0 saturated carbocycles. The third-order valence-electron chi connectivity index (χ3n) is 2.66. The first kappa shape index (κ1) is 12.7. The van der Waals surface area contributed by atoms with Gasteiger partial charge in [-0.2, -0.15) is 15.1 Å². The van der Waals surface area contributed by atoms with E-state index in [4.69, 9.17) is 0 Å². The fourth-order valence-electron chi connectivity index (χ4n) is 1.44. The SMILES string of the molecule is CNc1nc(NCC(C)S(C)=O)c2cn[nH]c2n1. The molecule has 0 aromatic carbocycles. The number of anilines is 2. The predicted octanol–water partition coefficient (Wildman–Crippen LogP) is 0.573. The summed E-state index contributed by atoms with van der Waals surface area (Å²) in [5, 5.41) is 13.7. The van der Waals surface area contributed by atoms with Gasteiger partial charge in [-0.1, -0.05) is 0 Å². The molecule has 2 aromatic heterocycles. The summed E-state index contributed by atoms with van der Waals surface area (Å²) in [5.74, 6) is 1.20. The first-order valence-corrected chi connectivity index (χ1v) is 7.19. The van der Waals surface area contributed by atoms with Crippen LogP contribution in [-0.4, -0.2) is 49.5 Å². The highest BCUT2D eigenvalue weighted by molar-refractivity contribution is 7.84. The van der Waals surface area contributed by atoms with Crippen LogP contribution < -0.4 is 10.6 Å². The van der Waals surface area contributed by atoms with E-state index in [1.54, 1.807) is 19.5 Å². The Hall–Kier alpha value is -1.70. The van der Waals surface area contributed by atoms with Gasteiger partial charge in [0.1, 0.15) is 5.82 Å². The Labute approximate surface area is 107 Å². The lowest BCUT2D eigenvalue weighted by molar-refractivity contribution is 0.679. The number of aromatic nitrogens is 4. The highest BCUT2D eigenvalue weighted by Crippen LogP contribution is 2.19. The number of nitrogens with zero attached hydrogens (tertiary/aromatic N) is 3. The average molecular weight is 268 g/mol. The van der Waals surface area contributed by atoms with E-state index in [0.717, 1.165) is 5.39 Å². The zero-order valence-electron chi connectivity index (χ0n) is 10.5. The van der Waals surface area contributed by atoms with Gasteiger partial charge in [-0.25, -0.2) is 0 Å². The van der Waals surface area contributed by atoms with E-state index in [1.807, 2.05) is 6.92 Å². The van der Waals surface area contributed by atoms with E-state index in [2.05, 4.69) is 30.8 Å². The Bertz CT molecular complexity index is 568. The van der Waals surface area contributed by atoms with Crippen LogP contribution in [0.4, 0.5) is 11.8 Å². The van der Waals surface area contributed by atoms with Crippen molar-refractivity contribution in [3.63, 3.8) is 0 Å². The minimum atomic E-state index is -0.860. The second-order valence-corrected chi connectivity index (χ2v) is 5.77. The molecule has 0 aliphatic rings. The van der Waals surface area contributed by atoms with Crippen molar-refractivity contribution in [2.24, 2.45) is 0 Å². The van der Waals surface area contributed by atoms with Crippen LogP contribution in [0.3, 0.4) is 0 Å². The van der Waals surface area contributed by atoms with Crippen LogP contribution in [0.15, 0.2) is 6.20 Å². The number of hydrogen-bond donors (Lipinski definition) is 3. The monoisotopic (exact) mass is 268 g/mol. The molecular weight excluding hydrogens is 252 g/mol. The Morgan fingerprint density at radius 2 is 2.28 bits per heavy atom. The molecule has 0 aliphatic heterocycles. The summed E-state index contributed by atoms with van der Waals surface area (Å²) in [6.07, 6.45) is 3.36. The smallest absolute Gasteiger partial charge is 0.226 e. The topological polar surface area (TPSA) is 95.6 Å². The normalized spacial score (nSPS) is 14.4. The lowest BCUT2D eigenvalue weighted by Gasteiger charge is -2.11. The zero-order valence-corrected chi connectivity index (χ0v) is 11.3. The van der Waals surface area contributed by atoms with Gasteiger partial charge in [0.05, 0.1) is 11.6 Å². The number of aromatic amines is 1. The maximum Gasteiger partial charge on any atom is 0.226 e.